The SMILES string of the molecule is CCOc1ccc(S(=O)(=O)NC(C)N2CCN(Cc3ccc(Cl)cc3)CC2)c2cccnc12. The van der Waals surface area contributed by atoms with Crippen molar-refractivity contribution in [3.63, 3.8) is 0 Å². The fourth-order valence-corrected chi connectivity index (χ4v) is 5.70. The zero-order valence-corrected chi connectivity index (χ0v) is 20.4. The topological polar surface area (TPSA) is 74.8 Å². The lowest BCUT2D eigenvalue weighted by atomic mass is 10.2. The average Bonchev–Trinajstić information content (AvgIpc) is 2.81. The van der Waals surface area contributed by atoms with Crippen molar-refractivity contribution in [2.45, 2.75) is 31.5 Å². The van der Waals surface area contributed by atoms with Crippen LogP contribution in [0.5, 0.6) is 5.75 Å². The van der Waals surface area contributed by atoms with Crippen LogP contribution in [0, 0.1) is 0 Å². The van der Waals surface area contributed by atoms with E-state index in [0.717, 1.165) is 37.7 Å². The monoisotopic (exact) mass is 488 g/mol. The van der Waals surface area contributed by atoms with Gasteiger partial charge in [0.15, 0.2) is 0 Å². The predicted molar refractivity (Wildman–Crippen MR) is 131 cm³/mol. The van der Waals surface area contributed by atoms with E-state index in [2.05, 4.69) is 19.5 Å². The van der Waals surface area contributed by atoms with Gasteiger partial charge >= 0.3 is 0 Å². The molecule has 7 nitrogen and oxygen atoms in total. The van der Waals surface area contributed by atoms with E-state index in [1.807, 2.05) is 38.1 Å². The lowest BCUT2D eigenvalue weighted by molar-refractivity contribution is 0.0939. The van der Waals surface area contributed by atoms with E-state index in [4.69, 9.17) is 16.3 Å². The molecule has 2 heterocycles. The number of halogens is 1. The second-order valence-electron chi connectivity index (χ2n) is 8.13. The van der Waals surface area contributed by atoms with Gasteiger partial charge in [0, 0.05) is 49.3 Å². The Labute approximate surface area is 200 Å². The molecule has 0 radical (unpaired) electrons. The summed E-state index contributed by atoms with van der Waals surface area (Å²) in [5.41, 5.74) is 1.77. The first-order valence-electron chi connectivity index (χ1n) is 11.1. The molecular weight excluding hydrogens is 460 g/mol. The van der Waals surface area contributed by atoms with Crippen molar-refractivity contribution >= 4 is 32.5 Å². The summed E-state index contributed by atoms with van der Waals surface area (Å²) in [5.74, 6) is 0.580. The third kappa shape index (κ3) is 5.65. The zero-order valence-electron chi connectivity index (χ0n) is 18.9. The highest BCUT2D eigenvalue weighted by Gasteiger charge is 2.27. The zero-order chi connectivity index (χ0) is 23.4. The molecule has 1 aliphatic heterocycles. The van der Waals surface area contributed by atoms with Gasteiger partial charge in [0.1, 0.15) is 11.3 Å². The Morgan fingerprint density at radius 2 is 1.82 bits per heavy atom. The van der Waals surface area contributed by atoms with Crippen molar-refractivity contribution in [3.05, 3.63) is 65.3 Å². The smallest absolute Gasteiger partial charge is 0.242 e. The molecule has 3 aromatic rings. The Hall–Kier alpha value is -2.23. The molecule has 1 saturated heterocycles. The van der Waals surface area contributed by atoms with Gasteiger partial charge in [0.05, 0.1) is 17.7 Å². The number of sulfonamides is 1. The fourth-order valence-electron chi connectivity index (χ4n) is 4.15. The minimum Gasteiger partial charge on any atom is -0.492 e. The highest BCUT2D eigenvalue weighted by atomic mass is 35.5. The van der Waals surface area contributed by atoms with Crippen molar-refractivity contribution in [2.75, 3.05) is 32.8 Å². The number of ether oxygens (including phenoxy) is 1. The Morgan fingerprint density at radius 1 is 1.09 bits per heavy atom. The van der Waals surface area contributed by atoms with Gasteiger partial charge in [0.25, 0.3) is 0 Å². The van der Waals surface area contributed by atoms with Crippen LogP contribution in [0.15, 0.2) is 59.6 Å². The number of hydrogen-bond donors (Lipinski definition) is 1. The number of fused-ring (bicyclic) bond motifs is 1. The number of piperazine rings is 1. The van der Waals surface area contributed by atoms with Gasteiger partial charge in [-0.1, -0.05) is 23.7 Å². The number of rotatable bonds is 8. The van der Waals surface area contributed by atoms with Crippen molar-refractivity contribution in [1.82, 2.24) is 19.5 Å². The summed E-state index contributed by atoms with van der Waals surface area (Å²) in [5, 5.41) is 1.29. The molecule has 1 atom stereocenters. The Bertz CT molecular complexity index is 1200. The minimum absolute atomic E-state index is 0.210. The van der Waals surface area contributed by atoms with Crippen LogP contribution in [0.2, 0.25) is 5.02 Å². The molecule has 176 valence electrons. The normalized spacial score (nSPS) is 16.7. The lowest BCUT2D eigenvalue weighted by Gasteiger charge is -2.38. The molecule has 0 saturated carbocycles. The van der Waals surface area contributed by atoms with E-state index in [1.54, 1.807) is 30.5 Å². The van der Waals surface area contributed by atoms with E-state index in [1.165, 1.54) is 5.56 Å². The van der Waals surface area contributed by atoms with E-state index < -0.39 is 10.0 Å². The quantitative estimate of drug-likeness (QED) is 0.520. The van der Waals surface area contributed by atoms with Gasteiger partial charge in [-0.25, -0.2) is 8.42 Å². The highest BCUT2D eigenvalue weighted by molar-refractivity contribution is 7.89. The van der Waals surface area contributed by atoms with E-state index in [-0.39, 0.29) is 11.1 Å². The first-order valence-corrected chi connectivity index (χ1v) is 13.0. The van der Waals surface area contributed by atoms with Crippen LogP contribution < -0.4 is 9.46 Å². The Kier molecular flexibility index (Phi) is 7.51. The second kappa shape index (κ2) is 10.4. The summed E-state index contributed by atoms with van der Waals surface area (Å²) >= 11 is 5.97. The number of nitrogens with one attached hydrogen (secondary N) is 1. The standard InChI is InChI=1S/C24H29ClN4O3S/c1-3-32-22-10-11-23(21-5-4-12-26-24(21)22)33(30,31)27-18(2)29-15-13-28(14-16-29)17-19-6-8-20(25)9-7-19/h4-12,18,27H,3,13-17H2,1-2H3. The predicted octanol–water partition coefficient (Wildman–Crippen LogP) is 3.73. The molecule has 9 heteroatoms. The molecule has 0 spiro atoms. The third-order valence-corrected chi connectivity index (χ3v) is 7.72. The molecule has 4 rings (SSSR count). The van der Waals surface area contributed by atoms with Crippen LogP contribution in [0.4, 0.5) is 0 Å². The third-order valence-electron chi connectivity index (χ3n) is 5.88. The summed E-state index contributed by atoms with van der Waals surface area (Å²) in [6, 6.07) is 14.7. The number of aromatic nitrogens is 1. The summed E-state index contributed by atoms with van der Waals surface area (Å²) in [4.78, 5) is 9.09. The molecule has 0 aliphatic carbocycles. The summed E-state index contributed by atoms with van der Waals surface area (Å²) < 4.78 is 35.0. The maximum absolute atomic E-state index is 13.3. The van der Waals surface area contributed by atoms with Gasteiger partial charge < -0.3 is 4.74 Å². The first-order chi connectivity index (χ1) is 15.9. The molecule has 1 unspecified atom stereocenters. The van der Waals surface area contributed by atoms with Crippen LogP contribution >= 0.6 is 11.6 Å². The Morgan fingerprint density at radius 3 is 2.52 bits per heavy atom. The number of pyridine rings is 1. The molecule has 1 aromatic heterocycles. The maximum atomic E-state index is 13.3. The number of hydrogen-bond acceptors (Lipinski definition) is 6. The van der Waals surface area contributed by atoms with E-state index in [0.29, 0.717) is 23.3 Å². The summed E-state index contributed by atoms with van der Waals surface area (Å²) in [6.07, 6.45) is 1.31. The fraction of sp³-hybridized carbons (Fsp3) is 0.375. The second-order valence-corrected chi connectivity index (χ2v) is 10.2. The van der Waals surface area contributed by atoms with E-state index >= 15 is 0 Å². The van der Waals surface area contributed by atoms with E-state index in [9.17, 15) is 8.42 Å². The largest absolute Gasteiger partial charge is 0.492 e. The molecular formula is C24H29ClN4O3S. The molecule has 0 amide bonds. The van der Waals surface area contributed by atoms with Crippen LogP contribution in [-0.4, -0.2) is 62.2 Å². The number of benzene rings is 2. The van der Waals surface area contributed by atoms with Gasteiger partial charge in [-0.2, -0.15) is 4.72 Å². The minimum atomic E-state index is -3.75. The lowest BCUT2D eigenvalue weighted by Crippen LogP contribution is -2.54. The molecule has 1 fully saturated rings. The average molecular weight is 489 g/mol. The number of nitrogens with zero attached hydrogens (tertiary/aromatic N) is 3. The molecule has 1 aliphatic rings. The van der Waals surface area contributed by atoms with Crippen molar-refractivity contribution in [1.29, 1.82) is 0 Å². The highest BCUT2D eigenvalue weighted by Crippen LogP contribution is 2.29. The molecule has 1 N–H and O–H groups in total. The van der Waals surface area contributed by atoms with Crippen LogP contribution in [0.25, 0.3) is 10.9 Å². The maximum Gasteiger partial charge on any atom is 0.242 e. The van der Waals surface area contributed by atoms with Crippen molar-refractivity contribution in [3.8, 4) is 5.75 Å². The Balaban J connectivity index is 1.42. The van der Waals surface area contributed by atoms with Crippen LogP contribution in [0.1, 0.15) is 19.4 Å². The van der Waals surface area contributed by atoms with Gasteiger partial charge in [-0.05, 0) is 55.8 Å². The van der Waals surface area contributed by atoms with Crippen molar-refractivity contribution in [2.24, 2.45) is 0 Å². The summed E-state index contributed by atoms with van der Waals surface area (Å²) in [7, 11) is -3.75. The first kappa shape index (κ1) is 23.9. The van der Waals surface area contributed by atoms with Gasteiger partial charge in [-0.15, -0.1) is 0 Å². The molecule has 33 heavy (non-hydrogen) atoms. The van der Waals surface area contributed by atoms with Gasteiger partial charge in [-0.3, -0.25) is 14.8 Å². The molecule has 0 bridgehead atoms. The van der Waals surface area contributed by atoms with Crippen LogP contribution in [0.3, 0.4) is 0 Å². The van der Waals surface area contributed by atoms with Crippen LogP contribution in [-0.2, 0) is 16.6 Å². The van der Waals surface area contributed by atoms with Crippen molar-refractivity contribution < 1.29 is 13.2 Å². The molecule has 2 aromatic carbocycles. The summed E-state index contributed by atoms with van der Waals surface area (Å²) in [6.45, 7) is 8.41. The van der Waals surface area contributed by atoms with Gasteiger partial charge in [0.2, 0.25) is 10.0 Å².